The van der Waals surface area contributed by atoms with Gasteiger partial charge in [0, 0.05) is 5.56 Å². The number of carbonyl (C=O) groups is 1. The number of rotatable bonds is 3. The summed E-state index contributed by atoms with van der Waals surface area (Å²) in [6.45, 7) is 4.05. The van der Waals surface area contributed by atoms with E-state index in [0.29, 0.717) is 16.9 Å². The van der Waals surface area contributed by atoms with E-state index in [4.69, 9.17) is 4.74 Å². The van der Waals surface area contributed by atoms with Crippen molar-refractivity contribution in [3.05, 3.63) is 34.1 Å². The molecule has 18 heavy (non-hydrogen) atoms. The van der Waals surface area contributed by atoms with Gasteiger partial charge < -0.3 is 4.74 Å². The lowest BCUT2D eigenvalue weighted by atomic mass is 10.1. The van der Waals surface area contributed by atoms with E-state index in [1.165, 1.54) is 11.5 Å². The van der Waals surface area contributed by atoms with Crippen LogP contribution in [0.3, 0.4) is 0 Å². The second kappa shape index (κ2) is 5.58. The summed E-state index contributed by atoms with van der Waals surface area (Å²) in [7, 11) is 0. The molecule has 0 aliphatic rings. The van der Waals surface area contributed by atoms with Crippen molar-refractivity contribution in [3.8, 4) is 10.6 Å². The van der Waals surface area contributed by atoms with E-state index in [9.17, 15) is 4.79 Å². The van der Waals surface area contributed by atoms with Crippen LogP contribution in [0.4, 0.5) is 0 Å². The van der Waals surface area contributed by atoms with Crippen LogP contribution in [0, 0.1) is 6.92 Å². The summed E-state index contributed by atoms with van der Waals surface area (Å²) in [5.74, 6) is -0.292. The number of carbonyl (C=O) groups excluding carboxylic acids is 1. The molecule has 0 atom stereocenters. The average Bonchev–Trinajstić information content (AvgIpc) is 2.76. The molecule has 1 aromatic heterocycles. The molecule has 0 amide bonds. The number of aryl methyl sites for hydroxylation is 1. The second-order valence-corrected chi connectivity index (χ2v) is 5.08. The molecule has 1 heterocycles. The van der Waals surface area contributed by atoms with Gasteiger partial charge >= 0.3 is 5.97 Å². The first-order valence-electron chi connectivity index (χ1n) is 5.39. The van der Waals surface area contributed by atoms with Gasteiger partial charge in [-0.05, 0) is 59.0 Å². The largest absolute Gasteiger partial charge is 0.462 e. The van der Waals surface area contributed by atoms with Gasteiger partial charge in [0.25, 0.3) is 0 Å². The predicted molar refractivity (Wildman–Crippen MR) is 73.7 cm³/mol. The maximum atomic E-state index is 11.7. The smallest absolute Gasteiger partial charge is 0.338 e. The molecule has 0 N–H and O–H groups in total. The van der Waals surface area contributed by atoms with E-state index in [-0.39, 0.29) is 5.97 Å². The molecule has 2 aromatic rings. The minimum absolute atomic E-state index is 0.292. The molecule has 94 valence electrons. The van der Waals surface area contributed by atoms with Crippen molar-refractivity contribution in [1.82, 2.24) is 9.36 Å². The molecule has 0 spiro atoms. The number of esters is 1. The molecule has 0 aliphatic carbocycles. The fourth-order valence-corrected chi connectivity index (χ4v) is 2.63. The van der Waals surface area contributed by atoms with Crippen LogP contribution in [0.25, 0.3) is 10.6 Å². The first-order valence-corrected chi connectivity index (χ1v) is 6.95. The van der Waals surface area contributed by atoms with Gasteiger partial charge in [-0.2, -0.15) is 4.37 Å². The highest BCUT2D eigenvalue weighted by Gasteiger charge is 2.12. The van der Waals surface area contributed by atoms with Gasteiger partial charge in [0.15, 0.2) is 0 Å². The molecule has 6 heteroatoms. The highest BCUT2D eigenvalue weighted by Crippen LogP contribution is 2.25. The molecule has 0 radical (unpaired) electrons. The Hall–Kier alpha value is -1.27. The van der Waals surface area contributed by atoms with Crippen LogP contribution in [0.15, 0.2) is 22.9 Å². The Bertz CT molecular complexity index is 583. The van der Waals surface area contributed by atoms with Gasteiger partial charge in [0.1, 0.15) is 5.01 Å². The summed E-state index contributed by atoms with van der Waals surface area (Å²) in [6.07, 6.45) is 0. The van der Waals surface area contributed by atoms with Crippen molar-refractivity contribution < 1.29 is 9.53 Å². The Balaban J connectivity index is 2.33. The summed E-state index contributed by atoms with van der Waals surface area (Å²) >= 11 is 4.53. The van der Waals surface area contributed by atoms with Crippen LogP contribution < -0.4 is 0 Å². The van der Waals surface area contributed by atoms with Gasteiger partial charge in [-0.15, -0.1) is 0 Å². The number of aromatic nitrogens is 2. The lowest BCUT2D eigenvalue weighted by Crippen LogP contribution is -2.06. The Kier molecular flexibility index (Phi) is 4.08. The van der Waals surface area contributed by atoms with E-state index < -0.39 is 0 Å². The van der Waals surface area contributed by atoms with Crippen LogP contribution in [0.2, 0.25) is 0 Å². The van der Waals surface area contributed by atoms with Crippen molar-refractivity contribution in [2.45, 2.75) is 13.8 Å². The maximum Gasteiger partial charge on any atom is 0.338 e. The van der Waals surface area contributed by atoms with Crippen molar-refractivity contribution in [1.29, 1.82) is 0 Å². The molecular weight excluding hydrogens is 316 g/mol. The summed E-state index contributed by atoms with van der Waals surface area (Å²) in [5.41, 5.74) is 2.41. The predicted octanol–water partition coefficient (Wildman–Crippen LogP) is 3.45. The van der Waals surface area contributed by atoms with E-state index >= 15 is 0 Å². The fourth-order valence-electron chi connectivity index (χ4n) is 1.56. The lowest BCUT2D eigenvalue weighted by Gasteiger charge is -2.06. The third kappa shape index (κ3) is 2.76. The van der Waals surface area contributed by atoms with Gasteiger partial charge in [0.05, 0.1) is 12.2 Å². The van der Waals surface area contributed by atoms with Gasteiger partial charge in [-0.25, -0.2) is 9.78 Å². The van der Waals surface area contributed by atoms with E-state index in [1.54, 1.807) is 13.0 Å². The number of halogens is 1. The first kappa shape index (κ1) is 13.2. The molecule has 0 aliphatic heterocycles. The van der Waals surface area contributed by atoms with Crippen LogP contribution in [0.1, 0.15) is 22.8 Å². The number of benzene rings is 1. The van der Waals surface area contributed by atoms with E-state index in [0.717, 1.165) is 16.1 Å². The third-order valence-corrected chi connectivity index (χ3v) is 3.72. The summed E-state index contributed by atoms with van der Waals surface area (Å²) in [4.78, 5) is 15.9. The third-order valence-electron chi connectivity index (χ3n) is 2.37. The van der Waals surface area contributed by atoms with E-state index in [2.05, 4.69) is 25.3 Å². The molecule has 0 saturated carbocycles. The SMILES string of the molecule is CCOC(=O)c1ccc(-c2nc(Br)ns2)cc1C. The van der Waals surface area contributed by atoms with Gasteiger partial charge in [0.2, 0.25) is 4.73 Å². The number of hydrogen-bond donors (Lipinski definition) is 0. The molecule has 0 fully saturated rings. The molecule has 0 saturated heterocycles. The van der Waals surface area contributed by atoms with Crippen molar-refractivity contribution >= 4 is 33.4 Å². The maximum absolute atomic E-state index is 11.7. The molecule has 0 unspecified atom stereocenters. The highest BCUT2D eigenvalue weighted by molar-refractivity contribution is 9.10. The normalized spacial score (nSPS) is 10.4. The van der Waals surface area contributed by atoms with Crippen LogP contribution in [0.5, 0.6) is 0 Å². The van der Waals surface area contributed by atoms with Gasteiger partial charge in [-0.3, -0.25) is 0 Å². The monoisotopic (exact) mass is 326 g/mol. The lowest BCUT2D eigenvalue weighted by molar-refractivity contribution is 0.0525. The molecule has 4 nitrogen and oxygen atoms in total. The van der Waals surface area contributed by atoms with E-state index in [1.807, 2.05) is 19.1 Å². The quantitative estimate of drug-likeness (QED) is 0.810. The minimum atomic E-state index is -0.292. The van der Waals surface area contributed by atoms with Crippen LogP contribution >= 0.6 is 27.5 Å². The molecular formula is C12H11BrN2O2S. The average molecular weight is 327 g/mol. The zero-order chi connectivity index (χ0) is 13.1. The molecule has 1 aromatic carbocycles. The summed E-state index contributed by atoms with van der Waals surface area (Å²) < 4.78 is 9.63. The van der Waals surface area contributed by atoms with Crippen molar-refractivity contribution in [2.75, 3.05) is 6.61 Å². The topological polar surface area (TPSA) is 52.1 Å². The first-order chi connectivity index (χ1) is 8.61. The van der Waals surface area contributed by atoms with Gasteiger partial charge in [-0.1, -0.05) is 6.07 Å². The zero-order valence-corrected chi connectivity index (χ0v) is 12.3. The second-order valence-electron chi connectivity index (χ2n) is 3.62. The molecule has 0 bridgehead atoms. The highest BCUT2D eigenvalue weighted by atomic mass is 79.9. The summed E-state index contributed by atoms with van der Waals surface area (Å²) in [6, 6.07) is 5.53. The number of hydrogen-bond acceptors (Lipinski definition) is 5. The number of ether oxygens (including phenoxy) is 1. The minimum Gasteiger partial charge on any atom is -0.462 e. The number of nitrogens with zero attached hydrogens (tertiary/aromatic N) is 2. The Morgan fingerprint density at radius 3 is 2.83 bits per heavy atom. The molecule has 2 rings (SSSR count). The van der Waals surface area contributed by atoms with Crippen LogP contribution in [-0.2, 0) is 4.74 Å². The Morgan fingerprint density at radius 2 is 2.28 bits per heavy atom. The standard InChI is InChI=1S/C12H11BrN2O2S/c1-3-17-11(16)9-5-4-8(6-7(9)2)10-14-12(13)15-18-10/h4-6H,3H2,1-2H3. The fraction of sp³-hybridized carbons (Fsp3) is 0.250. The Labute approximate surface area is 117 Å². The Morgan fingerprint density at radius 1 is 1.50 bits per heavy atom. The zero-order valence-electron chi connectivity index (χ0n) is 9.94. The summed E-state index contributed by atoms with van der Waals surface area (Å²) in [5, 5.41) is 0.820. The van der Waals surface area contributed by atoms with Crippen LogP contribution in [-0.4, -0.2) is 21.9 Å². The van der Waals surface area contributed by atoms with Crippen molar-refractivity contribution in [2.24, 2.45) is 0 Å². The van der Waals surface area contributed by atoms with Crippen molar-refractivity contribution in [3.63, 3.8) is 0 Å².